The maximum atomic E-state index is 13.5. The molecule has 2 saturated heterocycles. The Morgan fingerprint density at radius 3 is 2.33 bits per heavy atom. The highest BCUT2D eigenvalue weighted by molar-refractivity contribution is 6.31. The number of carbonyl (C=O) groups is 1. The molecule has 0 N–H and O–H groups in total. The first kappa shape index (κ1) is 18.6. The van der Waals surface area contributed by atoms with E-state index < -0.39 is 5.82 Å². The number of benzene rings is 2. The molecule has 0 unspecified atom stereocenters. The molecular weight excluding hydrogens is 369 g/mol. The standard InChI is InChI=1S/C21H21ClFNO3/c22-18-11-17(12-19(23)13-18)20(25)16-3-1-15(2-4-16)14-24-7-5-21(6-8-24)26-9-10-27-21/h1-4,11-13H,5-10,14H2. The van der Waals surface area contributed by atoms with Gasteiger partial charge in [-0.25, -0.2) is 4.39 Å². The largest absolute Gasteiger partial charge is 0.347 e. The number of carbonyl (C=O) groups excluding carboxylic acids is 1. The summed E-state index contributed by atoms with van der Waals surface area (Å²) in [4.78, 5) is 14.9. The molecule has 4 rings (SSSR count). The Kier molecular flexibility index (Phi) is 5.28. The molecule has 27 heavy (non-hydrogen) atoms. The molecule has 0 saturated carbocycles. The van der Waals surface area contributed by atoms with Gasteiger partial charge in [-0.15, -0.1) is 0 Å². The van der Waals surface area contributed by atoms with E-state index in [0.29, 0.717) is 18.8 Å². The first-order chi connectivity index (χ1) is 13.0. The summed E-state index contributed by atoms with van der Waals surface area (Å²) in [7, 11) is 0. The van der Waals surface area contributed by atoms with Crippen molar-refractivity contribution < 1.29 is 18.7 Å². The van der Waals surface area contributed by atoms with Crippen LogP contribution >= 0.6 is 11.6 Å². The van der Waals surface area contributed by atoms with Crippen LogP contribution in [0.5, 0.6) is 0 Å². The molecule has 1 spiro atoms. The van der Waals surface area contributed by atoms with Crippen LogP contribution in [-0.4, -0.2) is 42.8 Å². The van der Waals surface area contributed by atoms with Crippen LogP contribution in [0.4, 0.5) is 4.39 Å². The first-order valence-corrected chi connectivity index (χ1v) is 9.51. The maximum absolute atomic E-state index is 13.5. The van der Waals surface area contributed by atoms with Crippen molar-refractivity contribution in [2.24, 2.45) is 0 Å². The van der Waals surface area contributed by atoms with E-state index >= 15 is 0 Å². The summed E-state index contributed by atoms with van der Waals surface area (Å²) < 4.78 is 25.0. The number of piperidine rings is 1. The lowest BCUT2D eigenvalue weighted by Crippen LogP contribution is -2.44. The van der Waals surface area contributed by atoms with E-state index in [9.17, 15) is 9.18 Å². The molecule has 2 aliphatic heterocycles. The molecule has 0 aromatic heterocycles. The van der Waals surface area contributed by atoms with Crippen LogP contribution in [0.2, 0.25) is 5.02 Å². The van der Waals surface area contributed by atoms with Gasteiger partial charge >= 0.3 is 0 Å². The molecule has 2 aromatic carbocycles. The molecule has 2 aliphatic rings. The summed E-state index contributed by atoms with van der Waals surface area (Å²) >= 11 is 5.84. The maximum Gasteiger partial charge on any atom is 0.193 e. The van der Waals surface area contributed by atoms with Gasteiger partial charge in [0.2, 0.25) is 0 Å². The lowest BCUT2D eigenvalue weighted by molar-refractivity contribution is -0.185. The van der Waals surface area contributed by atoms with E-state index in [4.69, 9.17) is 21.1 Å². The third kappa shape index (κ3) is 4.22. The molecule has 4 nitrogen and oxygen atoms in total. The normalized spacial score (nSPS) is 19.5. The van der Waals surface area contributed by atoms with Crippen LogP contribution < -0.4 is 0 Å². The van der Waals surface area contributed by atoms with E-state index in [2.05, 4.69) is 4.90 Å². The number of hydrogen-bond acceptors (Lipinski definition) is 4. The summed E-state index contributed by atoms with van der Waals surface area (Å²) in [6.07, 6.45) is 1.76. The van der Waals surface area contributed by atoms with E-state index in [1.807, 2.05) is 12.1 Å². The number of halogens is 2. The monoisotopic (exact) mass is 389 g/mol. The van der Waals surface area contributed by atoms with E-state index in [1.165, 1.54) is 18.2 Å². The molecule has 0 amide bonds. The van der Waals surface area contributed by atoms with E-state index in [0.717, 1.165) is 38.0 Å². The van der Waals surface area contributed by atoms with Crippen molar-refractivity contribution in [3.63, 3.8) is 0 Å². The highest BCUT2D eigenvalue weighted by Crippen LogP contribution is 2.31. The Bertz CT molecular complexity index is 804. The van der Waals surface area contributed by atoms with Gasteiger partial charge < -0.3 is 9.47 Å². The Balaban J connectivity index is 1.38. The SMILES string of the molecule is O=C(c1ccc(CN2CCC3(CC2)OCCO3)cc1)c1cc(F)cc(Cl)c1. The predicted octanol–water partition coefficient (Wildman–Crippen LogP) is 4.05. The fraction of sp³-hybridized carbons (Fsp3) is 0.381. The second-order valence-corrected chi connectivity index (χ2v) is 7.50. The lowest BCUT2D eigenvalue weighted by atomic mass is 10.0. The summed E-state index contributed by atoms with van der Waals surface area (Å²) in [6, 6.07) is 11.3. The Morgan fingerprint density at radius 2 is 1.70 bits per heavy atom. The van der Waals surface area contributed by atoms with Crippen molar-refractivity contribution in [1.82, 2.24) is 4.90 Å². The number of likely N-dealkylation sites (tertiary alicyclic amines) is 1. The number of ether oxygens (including phenoxy) is 2. The molecule has 0 radical (unpaired) electrons. The van der Waals surface area contributed by atoms with Crippen LogP contribution in [0, 0.1) is 5.82 Å². The van der Waals surface area contributed by atoms with Gasteiger partial charge in [0.25, 0.3) is 0 Å². The average Bonchev–Trinajstić information content (AvgIpc) is 3.11. The Hall–Kier alpha value is -1.79. The molecular formula is C21H21ClFNO3. The first-order valence-electron chi connectivity index (χ1n) is 9.13. The third-order valence-electron chi connectivity index (χ3n) is 5.18. The van der Waals surface area contributed by atoms with Gasteiger partial charge in [-0.05, 0) is 23.8 Å². The van der Waals surface area contributed by atoms with Gasteiger partial charge in [0.15, 0.2) is 11.6 Å². The summed E-state index contributed by atoms with van der Waals surface area (Å²) in [5.41, 5.74) is 1.91. The molecule has 2 heterocycles. The Morgan fingerprint density at radius 1 is 1.04 bits per heavy atom. The topological polar surface area (TPSA) is 38.8 Å². The zero-order chi connectivity index (χ0) is 18.9. The van der Waals surface area contributed by atoms with Gasteiger partial charge in [0, 0.05) is 48.6 Å². The molecule has 6 heteroatoms. The molecule has 142 valence electrons. The highest BCUT2D eigenvalue weighted by Gasteiger charge is 2.39. The van der Waals surface area contributed by atoms with Crippen molar-refractivity contribution in [1.29, 1.82) is 0 Å². The van der Waals surface area contributed by atoms with Crippen LogP contribution in [0.25, 0.3) is 0 Å². The highest BCUT2D eigenvalue weighted by atomic mass is 35.5. The number of hydrogen-bond donors (Lipinski definition) is 0. The van der Waals surface area contributed by atoms with Gasteiger partial charge in [-0.1, -0.05) is 35.9 Å². The van der Waals surface area contributed by atoms with Gasteiger partial charge in [0.1, 0.15) is 5.82 Å². The van der Waals surface area contributed by atoms with E-state index in [-0.39, 0.29) is 22.2 Å². The molecule has 0 bridgehead atoms. The fourth-order valence-electron chi connectivity index (χ4n) is 3.71. The van der Waals surface area contributed by atoms with Crippen molar-refractivity contribution in [3.05, 3.63) is 70.0 Å². The second-order valence-electron chi connectivity index (χ2n) is 7.07. The van der Waals surface area contributed by atoms with Gasteiger partial charge in [-0.3, -0.25) is 9.69 Å². The smallest absolute Gasteiger partial charge is 0.193 e. The van der Waals surface area contributed by atoms with Crippen LogP contribution in [0.1, 0.15) is 34.3 Å². The number of rotatable bonds is 4. The predicted molar refractivity (Wildman–Crippen MR) is 100 cm³/mol. The summed E-state index contributed by atoms with van der Waals surface area (Å²) in [5, 5.41) is 0.216. The fourth-order valence-corrected chi connectivity index (χ4v) is 3.93. The van der Waals surface area contributed by atoms with Crippen molar-refractivity contribution in [3.8, 4) is 0 Å². The van der Waals surface area contributed by atoms with Crippen molar-refractivity contribution >= 4 is 17.4 Å². The Labute approximate surface area is 162 Å². The van der Waals surface area contributed by atoms with E-state index in [1.54, 1.807) is 12.1 Å². The van der Waals surface area contributed by atoms with Crippen LogP contribution in [0.3, 0.4) is 0 Å². The quantitative estimate of drug-likeness (QED) is 0.739. The minimum absolute atomic E-state index is 0.216. The minimum Gasteiger partial charge on any atom is -0.347 e. The lowest BCUT2D eigenvalue weighted by Gasteiger charge is -2.37. The van der Waals surface area contributed by atoms with Gasteiger partial charge in [-0.2, -0.15) is 0 Å². The number of ketones is 1. The number of nitrogens with zero attached hydrogens (tertiary/aromatic N) is 1. The molecule has 2 fully saturated rings. The van der Waals surface area contributed by atoms with Gasteiger partial charge in [0.05, 0.1) is 13.2 Å². The average molecular weight is 390 g/mol. The van der Waals surface area contributed by atoms with Crippen molar-refractivity contribution in [2.45, 2.75) is 25.2 Å². The van der Waals surface area contributed by atoms with Crippen LogP contribution in [-0.2, 0) is 16.0 Å². The third-order valence-corrected chi connectivity index (χ3v) is 5.40. The summed E-state index contributed by atoms with van der Waals surface area (Å²) in [6.45, 7) is 4.03. The zero-order valence-corrected chi connectivity index (χ0v) is 15.7. The second kappa shape index (κ2) is 7.68. The molecule has 0 atom stereocenters. The van der Waals surface area contributed by atoms with Crippen molar-refractivity contribution in [2.75, 3.05) is 26.3 Å². The zero-order valence-electron chi connectivity index (χ0n) is 14.9. The minimum atomic E-state index is -0.513. The molecule has 0 aliphatic carbocycles. The molecule has 2 aromatic rings. The van der Waals surface area contributed by atoms with Crippen LogP contribution in [0.15, 0.2) is 42.5 Å². The summed E-state index contributed by atoms with van der Waals surface area (Å²) in [5.74, 6) is -1.11.